The Labute approximate surface area is 107 Å². The summed E-state index contributed by atoms with van der Waals surface area (Å²) in [6.45, 7) is 5.84. The largest absolute Gasteiger partial charge is 0.493 e. The Morgan fingerprint density at radius 3 is 2.89 bits per heavy atom. The van der Waals surface area contributed by atoms with Gasteiger partial charge in [-0.1, -0.05) is 6.07 Å². The summed E-state index contributed by atoms with van der Waals surface area (Å²) in [5.41, 5.74) is 2.44. The Morgan fingerprint density at radius 1 is 1.39 bits per heavy atom. The lowest BCUT2D eigenvalue weighted by molar-refractivity contribution is -0.169. The SMILES string of the molecule is Cc1ccc(OCCC(=O)N2CCCO2)cc1C. The molecular formula is C14H19NO3. The Balaban J connectivity index is 1.77. The fourth-order valence-electron chi connectivity index (χ4n) is 1.83. The highest BCUT2D eigenvalue weighted by molar-refractivity contribution is 5.75. The third-order valence-electron chi connectivity index (χ3n) is 3.09. The van der Waals surface area contributed by atoms with Gasteiger partial charge in [0.2, 0.25) is 5.91 Å². The van der Waals surface area contributed by atoms with E-state index < -0.39 is 0 Å². The molecule has 0 unspecified atom stereocenters. The number of rotatable bonds is 4. The van der Waals surface area contributed by atoms with Gasteiger partial charge < -0.3 is 4.74 Å². The molecule has 2 rings (SSSR count). The molecule has 0 N–H and O–H groups in total. The lowest BCUT2D eigenvalue weighted by Crippen LogP contribution is -2.27. The topological polar surface area (TPSA) is 38.8 Å². The smallest absolute Gasteiger partial charge is 0.249 e. The van der Waals surface area contributed by atoms with Crippen molar-refractivity contribution < 1.29 is 14.4 Å². The molecule has 98 valence electrons. The lowest BCUT2D eigenvalue weighted by Gasteiger charge is -2.14. The Kier molecular flexibility index (Phi) is 4.20. The van der Waals surface area contributed by atoms with E-state index in [0.29, 0.717) is 26.2 Å². The molecular weight excluding hydrogens is 230 g/mol. The predicted octanol–water partition coefficient (Wildman–Crippen LogP) is 2.24. The molecule has 0 saturated carbocycles. The quantitative estimate of drug-likeness (QED) is 0.821. The van der Waals surface area contributed by atoms with E-state index in [-0.39, 0.29) is 5.91 Å². The Bertz CT molecular complexity index is 425. The van der Waals surface area contributed by atoms with Crippen LogP contribution in [-0.2, 0) is 9.63 Å². The van der Waals surface area contributed by atoms with Crippen molar-refractivity contribution >= 4 is 5.91 Å². The minimum Gasteiger partial charge on any atom is -0.493 e. The normalized spacial score (nSPS) is 14.9. The number of benzene rings is 1. The second-order valence-electron chi connectivity index (χ2n) is 4.53. The summed E-state index contributed by atoms with van der Waals surface area (Å²) in [4.78, 5) is 16.9. The number of carbonyl (C=O) groups is 1. The lowest BCUT2D eigenvalue weighted by atomic mass is 10.1. The first-order chi connectivity index (χ1) is 8.66. The van der Waals surface area contributed by atoms with Crippen LogP contribution in [0.5, 0.6) is 5.75 Å². The maximum absolute atomic E-state index is 11.7. The number of hydrogen-bond acceptors (Lipinski definition) is 3. The molecule has 1 heterocycles. The van der Waals surface area contributed by atoms with Gasteiger partial charge in [-0.15, -0.1) is 0 Å². The zero-order valence-corrected chi connectivity index (χ0v) is 10.9. The summed E-state index contributed by atoms with van der Waals surface area (Å²) in [6.07, 6.45) is 1.27. The van der Waals surface area contributed by atoms with Gasteiger partial charge in [0, 0.05) is 0 Å². The molecule has 0 atom stereocenters. The first-order valence-electron chi connectivity index (χ1n) is 6.30. The van der Waals surface area contributed by atoms with Gasteiger partial charge in [0.15, 0.2) is 0 Å². The second kappa shape index (κ2) is 5.87. The van der Waals surface area contributed by atoms with Crippen LogP contribution in [0.4, 0.5) is 0 Å². The van der Waals surface area contributed by atoms with E-state index >= 15 is 0 Å². The number of ether oxygens (including phenoxy) is 1. The number of hydroxylamine groups is 2. The van der Waals surface area contributed by atoms with Crippen LogP contribution in [0.25, 0.3) is 0 Å². The fourth-order valence-corrected chi connectivity index (χ4v) is 1.83. The van der Waals surface area contributed by atoms with Crippen molar-refractivity contribution in [1.82, 2.24) is 5.06 Å². The van der Waals surface area contributed by atoms with E-state index in [0.717, 1.165) is 12.2 Å². The monoisotopic (exact) mass is 249 g/mol. The zero-order chi connectivity index (χ0) is 13.0. The summed E-state index contributed by atoms with van der Waals surface area (Å²) >= 11 is 0. The molecule has 1 aliphatic rings. The van der Waals surface area contributed by atoms with Crippen molar-refractivity contribution in [1.29, 1.82) is 0 Å². The van der Waals surface area contributed by atoms with Crippen molar-refractivity contribution in [2.45, 2.75) is 26.7 Å². The number of carbonyl (C=O) groups excluding carboxylic acids is 1. The highest BCUT2D eigenvalue weighted by Crippen LogP contribution is 2.16. The molecule has 0 radical (unpaired) electrons. The molecule has 4 nitrogen and oxygen atoms in total. The molecule has 18 heavy (non-hydrogen) atoms. The highest BCUT2D eigenvalue weighted by Gasteiger charge is 2.18. The summed E-state index contributed by atoms with van der Waals surface area (Å²) in [6, 6.07) is 5.95. The molecule has 1 aliphatic heterocycles. The van der Waals surface area contributed by atoms with Gasteiger partial charge in [-0.2, -0.15) is 0 Å². The van der Waals surface area contributed by atoms with Crippen LogP contribution in [0.2, 0.25) is 0 Å². The van der Waals surface area contributed by atoms with E-state index in [1.54, 1.807) is 0 Å². The molecule has 0 spiro atoms. The third kappa shape index (κ3) is 3.23. The summed E-state index contributed by atoms with van der Waals surface area (Å²) in [5, 5.41) is 1.43. The molecule has 0 aliphatic carbocycles. The van der Waals surface area contributed by atoms with Gasteiger partial charge in [0.25, 0.3) is 0 Å². The van der Waals surface area contributed by atoms with Gasteiger partial charge in [-0.3, -0.25) is 9.63 Å². The van der Waals surface area contributed by atoms with Crippen molar-refractivity contribution in [2.24, 2.45) is 0 Å². The average molecular weight is 249 g/mol. The Hall–Kier alpha value is -1.55. The first kappa shape index (κ1) is 12.9. The first-order valence-corrected chi connectivity index (χ1v) is 6.30. The van der Waals surface area contributed by atoms with E-state index in [1.165, 1.54) is 16.2 Å². The third-order valence-corrected chi connectivity index (χ3v) is 3.09. The molecule has 1 aromatic carbocycles. The van der Waals surface area contributed by atoms with Crippen LogP contribution in [-0.4, -0.2) is 30.7 Å². The Morgan fingerprint density at radius 2 is 2.22 bits per heavy atom. The number of nitrogens with zero attached hydrogens (tertiary/aromatic N) is 1. The minimum absolute atomic E-state index is 0.00339. The van der Waals surface area contributed by atoms with E-state index in [4.69, 9.17) is 9.57 Å². The van der Waals surface area contributed by atoms with Gasteiger partial charge in [0.05, 0.1) is 26.2 Å². The van der Waals surface area contributed by atoms with Gasteiger partial charge in [-0.25, -0.2) is 5.06 Å². The number of amides is 1. The zero-order valence-electron chi connectivity index (χ0n) is 10.9. The summed E-state index contributed by atoms with van der Waals surface area (Å²) in [7, 11) is 0. The van der Waals surface area contributed by atoms with Crippen molar-refractivity contribution in [2.75, 3.05) is 19.8 Å². The van der Waals surface area contributed by atoms with E-state index in [9.17, 15) is 4.79 Å². The molecule has 1 fully saturated rings. The number of aryl methyl sites for hydroxylation is 2. The van der Waals surface area contributed by atoms with Crippen LogP contribution in [0.1, 0.15) is 24.0 Å². The van der Waals surface area contributed by atoms with Gasteiger partial charge in [-0.05, 0) is 43.5 Å². The van der Waals surface area contributed by atoms with Crippen molar-refractivity contribution in [3.63, 3.8) is 0 Å². The van der Waals surface area contributed by atoms with Crippen molar-refractivity contribution in [3.8, 4) is 5.75 Å². The van der Waals surface area contributed by atoms with Crippen LogP contribution in [0, 0.1) is 13.8 Å². The second-order valence-corrected chi connectivity index (χ2v) is 4.53. The average Bonchev–Trinajstić information content (AvgIpc) is 2.87. The number of hydrogen-bond donors (Lipinski definition) is 0. The molecule has 1 saturated heterocycles. The molecule has 0 aromatic heterocycles. The van der Waals surface area contributed by atoms with Crippen molar-refractivity contribution in [3.05, 3.63) is 29.3 Å². The molecule has 0 bridgehead atoms. The molecule has 1 amide bonds. The molecule has 1 aromatic rings. The standard InChI is InChI=1S/C14H19NO3/c1-11-4-5-13(10-12(11)2)17-9-6-14(16)15-7-3-8-18-15/h4-5,10H,3,6-9H2,1-2H3. The molecule has 4 heteroatoms. The fraction of sp³-hybridized carbons (Fsp3) is 0.500. The summed E-state index contributed by atoms with van der Waals surface area (Å²) in [5.74, 6) is 0.810. The van der Waals surface area contributed by atoms with Crippen LogP contribution < -0.4 is 4.74 Å². The van der Waals surface area contributed by atoms with Crippen LogP contribution >= 0.6 is 0 Å². The highest BCUT2D eigenvalue weighted by atomic mass is 16.7. The van der Waals surface area contributed by atoms with E-state index in [1.807, 2.05) is 25.1 Å². The predicted molar refractivity (Wildman–Crippen MR) is 68.3 cm³/mol. The maximum Gasteiger partial charge on any atom is 0.249 e. The maximum atomic E-state index is 11.7. The van der Waals surface area contributed by atoms with Crippen LogP contribution in [0.15, 0.2) is 18.2 Å². The van der Waals surface area contributed by atoms with Gasteiger partial charge >= 0.3 is 0 Å². The van der Waals surface area contributed by atoms with Crippen LogP contribution in [0.3, 0.4) is 0 Å². The van der Waals surface area contributed by atoms with Gasteiger partial charge in [0.1, 0.15) is 5.75 Å². The minimum atomic E-state index is -0.00339. The van der Waals surface area contributed by atoms with E-state index in [2.05, 4.69) is 6.92 Å². The summed E-state index contributed by atoms with van der Waals surface area (Å²) < 4.78 is 5.57.